The summed E-state index contributed by atoms with van der Waals surface area (Å²) in [5.41, 5.74) is 2.84. The van der Waals surface area contributed by atoms with E-state index in [1.807, 2.05) is 19.1 Å². The quantitative estimate of drug-likeness (QED) is 0.647. The lowest BCUT2D eigenvalue weighted by atomic mass is 9.98. The Morgan fingerprint density at radius 2 is 1.77 bits per heavy atom. The van der Waals surface area contributed by atoms with Crippen LogP contribution in [0.15, 0.2) is 52.2 Å². The number of sulfonamides is 1. The second-order valence-corrected chi connectivity index (χ2v) is 10.9. The van der Waals surface area contributed by atoms with Crippen LogP contribution in [0.1, 0.15) is 38.3 Å². The molecule has 1 fully saturated rings. The zero-order chi connectivity index (χ0) is 21.5. The molecule has 3 aromatic rings. The van der Waals surface area contributed by atoms with E-state index in [1.54, 1.807) is 25.2 Å². The van der Waals surface area contributed by atoms with E-state index >= 15 is 0 Å². The fourth-order valence-electron chi connectivity index (χ4n) is 3.89. The van der Waals surface area contributed by atoms with Gasteiger partial charge in [0.15, 0.2) is 0 Å². The molecular weight excluding hydrogens is 418 g/mol. The molecule has 6 nitrogen and oxygen atoms in total. The SMILES string of the molecule is CC1CCN(c2ccc([C@@H](C)NS(=O)(=O)c3ccc4c(c3)sc(=O)n4C)cc2)CC1. The van der Waals surface area contributed by atoms with Crippen LogP contribution in [-0.2, 0) is 17.1 Å². The molecule has 2 heterocycles. The number of nitrogens with one attached hydrogen (secondary N) is 1. The molecule has 0 aliphatic carbocycles. The molecule has 1 aromatic heterocycles. The van der Waals surface area contributed by atoms with Crippen LogP contribution in [-0.4, -0.2) is 26.1 Å². The first-order valence-electron chi connectivity index (χ1n) is 10.2. The predicted octanol–water partition coefficient (Wildman–Crippen LogP) is 3.88. The average Bonchev–Trinajstić information content (AvgIpc) is 3.01. The molecule has 30 heavy (non-hydrogen) atoms. The van der Waals surface area contributed by atoms with Crippen molar-refractivity contribution < 1.29 is 8.42 Å². The van der Waals surface area contributed by atoms with Crippen LogP contribution in [0.4, 0.5) is 5.69 Å². The Labute approximate surface area is 181 Å². The van der Waals surface area contributed by atoms with Crippen LogP contribution in [0.5, 0.6) is 0 Å². The van der Waals surface area contributed by atoms with Gasteiger partial charge in [-0.15, -0.1) is 0 Å². The smallest absolute Gasteiger partial charge is 0.307 e. The first kappa shape index (κ1) is 21.1. The Bertz CT molecular complexity index is 1200. The summed E-state index contributed by atoms with van der Waals surface area (Å²) >= 11 is 1.05. The molecule has 0 spiro atoms. The second kappa shape index (κ2) is 8.17. The van der Waals surface area contributed by atoms with Crippen LogP contribution in [0, 0.1) is 5.92 Å². The number of anilines is 1. The number of hydrogen-bond donors (Lipinski definition) is 1. The number of thiazole rings is 1. The fourth-order valence-corrected chi connectivity index (χ4v) is 6.14. The number of hydrogen-bond acceptors (Lipinski definition) is 5. The second-order valence-electron chi connectivity index (χ2n) is 8.16. The normalized spacial score (nSPS) is 16.8. The number of benzene rings is 2. The number of piperidine rings is 1. The van der Waals surface area contributed by atoms with Gasteiger partial charge < -0.3 is 9.47 Å². The zero-order valence-corrected chi connectivity index (χ0v) is 19.1. The topological polar surface area (TPSA) is 71.4 Å². The molecule has 1 aliphatic rings. The molecule has 4 rings (SSSR count). The van der Waals surface area contributed by atoms with Gasteiger partial charge in [-0.3, -0.25) is 4.79 Å². The Balaban J connectivity index is 1.50. The molecule has 1 atom stereocenters. The molecule has 2 aromatic carbocycles. The number of fused-ring (bicyclic) bond motifs is 1. The molecule has 1 N–H and O–H groups in total. The van der Waals surface area contributed by atoms with Crippen LogP contribution in [0.3, 0.4) is 0 Å². The first-order valence-corrected chi connectivity index (χ1v) is 12.5. The van der Waals surface area contributed by atoms with Gasteiger partial charge in [0.2, 0.25) is 10.0 Å². The highest BCUT2D eigenvalue weighted by Crippen LogP contribution is 2.26. The summed E-state index contributed by atoms with van der Waals surface area (Å²) in [6.45, 7) is 6.27. The van der Waals surface area contributed by atoms with Crippen LogP contribution in [0.2, 0.25) is 0 Å². The molecule has 0 radical (unpaired) electrons. The van der Waals surface area contributed by atoms with Crippen molar-refractivity contribution in [2.24, 2.45) is 13.0 Å². The summed E-state index contributed by atoms with van der Waals surface area (Å²) in [6, 6.07) is 12.6. The molecule has 0 saturated carbocycles. The Hall–Kier alpha value is -2.16. The summed E-state index contributed by atoms with van der Waals surface area (Å²) in [6.07, 6.45) is 2.41. The van der Waals surface area contributed by atoms with E-state index in [4.69, 9.17) is 0 Å². The lowest BCUT2D eigenvalue weighted by Gasteiger charge is -2.32. The summed E-state index contributed by atoms with van der Waals surface area (Å²) in [4.78, 5) is 14.3. The molecular formula is C22H27N3O3S2. The number of rotatable bonds is 5. The Kier molecular flexibility index (Phi) is 5.74. The maximum atomic E-state index is 12.9. The van der Waals surface area contributed by atoms with Gasteiger partial charge in [-0.25, -0.2) is 13.1 Å². The highest BCUT2D eigenvalue weighted by Gasteiger charge is 2.21. The highest BCUT2D eigenvalue weighted by atomic mass is 32.2. The van der Waals surface area contributed by atoms with Gasteiger partial charge in [-0.1, -0.05) is 30.4 Å². The molecule has 0 amide bonds. The molecule has 8 heteroatoms. The Morgan fingerprint density at radius 3 is 2.43 bits per heavy atom. The standard InChI is InChI=1S/C22H27N3O3S2/c1-15-10-12-25(13-11-15)18-6-4-17(5-7-18)16(2)23-30(27,28)19-8-9-20-21(14-19)29-22(26)24(20)3/h4-9,14-16,23H,10-13H2,1-3H3/t16-/m1/s1. The maximum Gasteiger partial charge on any atom is 0.307 e. The summed E-state index contributed by atoms with van der Waals surface area (Å²) in [5, 5.41) is 0. The van der Waals surface area contributed by atoms with Crippen molar-refractivity contribution >= 4 is 37.3 Å². The number of nitrogens with zero attached hydrogens (tertiary/aromatic N) is 2. The van der Waals surface area contributed by atoms with E-state index in [0.29, 0.717) is 4.70 Å². The Morgan fingerprint density at radius 1 is 1.10 bits per heavy atom. The summed E-state index contributed by atoms with van der Waals surface area (Å²) < 4.78 is 30.7. The largest absolute Gasteiger partial charge is 0.372 e. The molecule has 1 aliphatic heterocycles. The maximum absolute atomic E-state index is 12.9. The van der Waals surface area contributed by atoms with Gasteiger partial charge in [-0.05, 0) is 61.6 Å². The average molecular weight is 446 g/mol. The van der Waals surface area contributed by atoms with Crippen molar-refractivity contribution in [1.29, 1.82) is 0 Å². The van der Waals surface area contributed by atoms with Gasteiger partial charge in [0, 0.05) is 31.9 Å². The lowest BCUT2D eigenvalue weighted by molar-refractivity contribution is 0.438. The summed E-state index contributed by atoms with van der Waals surface area (Å²) in [7, 11) is -2.02. The number of aromatic nitrogens is 1. The van der Waals surface area contributed by atoms with E-state index in [1.165, 1.54) is 23.1 Å². The summed E-state index contributed by atoms with van der Waals surface area (Å²) in [5.74, 6) is 0.783. The van der Waals surface area contributed by atoms with Gasteiger partial charge >= 0.3 is 4.87 Å². The van der Waals surface area contributed by atoms with E-state index in [2.05, 4.69) is 28.7 Å². The van der Waals surface area contributed by atoms with Gasteiger partial charge in [0.1, 0.15) is 0 Å². The van der Waals surface area contributed by atoms with Crippen molar-refractivity contribution in [3.8, 4) is 0 Å². The lowest BCUT2D eigenvalue weighted by Crippen LogP contribution is -2.32. The monoisotopic (exact) mass is 445 g/mol. The minimum Gasteiger partial charge on any atom is -0.372 e. The van der Waals surface area contributed by atoms with Crippen LogP contribution >= 0.6 is 11.3 Å². The van der Waals surface area contributed by atoms with Gasteiger partial charge in [0.25, 0.3) is 0 Å². The highest BCUT2D eigenvalue weighted by molar-refractivity contribution is 7.89. The van der Waals surface area contributed by atoms with E-state index in [0.717, 1.165) is 41.4 Å². The van der Waals surface area contributed by atoms with Crippen molar-refractivity contribution in [3.63, 3.8) is 0 Å². The first-order chi connectivity index (χ1) is 14.2. The minimum absolute atomic E-state index is 0.107. The van der Waals surface area contributed by atoms with E-state index in [9.17, 15) is 13.2 Å². The van der Waals surface area contributed by atoms with Gasteiger partial charge in [-0.2, -0.15) is 0 Å². The van der Waals surface area contributed by atoms with Crippen molar-refractivity contribution in [2.45, 2.75) is 37.6 Å². The zero-order valence-electron chi connectivity index (χ0n) is 17.5. The third kappa shape index (κ3) is 4.17. The number of aryl methyl sites for hydroxylation is 1. The molecule has 160 valence electrons. The van der Waals surface area contributed by atoms with Crippen molar-refractivity contribution in [3.05, 3.63) is 57.7 Å². The molecule has 0 bridgehead atoms. The van der Waals surface area contributed by atoms with E-state index in [-0.39, 0.29) is 15.8 Å². The van der Waals surface area contributed by atoms with Crippen molar-refractivity contribution in [1.82, 2.24) is 9.29 Å². The minimum atomic E-state index is -3.70. The van der Waals surface area contributed by atoms with Crippen LogP contribution < -0.4 is 14.5 Å². The molecule has 0 unspecified atom stereocenters. The van der Waals surface area contributed by atoms with Gasteiger partial charge in [0.05, 0.1) is 15.1 Å². The van der Waals surface area contributed by atoms with Crippen molar-refractivity contribution in [2.75, 3.05) is 18.0 Å². The molecule has 1 saturated heterocycles. The predicted molar refractivity (Wildman–Crippen MR) is 123 cm³/mol. The van der Waals surface area contributed by atoms with E-state index < -0.39 is 10.0 Å². The third-order valence-electron chi connectivity index (χ3n) is 5.95. The third-order valence-corrected chi connectivity index (χ3v) is 8.48. The van der Waals surface area contributed by atoms with Crippen LogP contribution in [0.25, 0.3) is 10.2 Å². The fraction of sp³-hybridized carbons (Fsp3) is 0.409.